The number of rotatable bonds is 7. The maximum atomic E-state index is 14.5. The van der Waals surface area contributed by atoms with E-state index in [1.54, 1.807) is 0 Å². The fourth-order valence-electron chi connectivity index (χ4n) is 9.16. The Morgan fingerprint density at radius 2 is 1.65 bits per heavy atom. The van der Waals surface area contributed by atoms with Gasteiger partial charge in [0.2, 0.25) is 6.17 Å². The Bertz CT molecular complexity index is 1300. The largest absolute Gasteiger partial charge is 0.632 e. The van der Waals surface area contributed by atoms with E-state index in [4.69, 9.17) is 4.74 Å². The van der Waals surface area contributed by atoms with Gasteiger partial charge in [-0.15, -0.1) is 0 Å². The average molecular weight is 592 g/mol. The van der Waals surface area contributed by atoms with E-state index in [0.29, 0.717) is 38.4 Å². The number of nitrogens with zero attached hydrogens (tertiary/aromatic N) is 2. The number of morpholine rings is 1. The molecule has 2 aromatic carbocycles. The van der Waals surface area contributed by atoms with Crippen molar-refractivity contribution in [3.8, 4) is 0 Å². The topological polar surface area (TPSA) is 101 Å². The van der Waals surface area contributed by atoms with Crippen LogP contribution in [0.25, 0.3) is 0 Å². The van der Waals surface area contributed by atoms with Gasteiger partial charge in [0, 0.05) is 43.9 Å². The summed E-state index contributed by atoms with van der Waals surface area (Å²) in [5.41, 5.74) is 2.09. The lowest BCUT2D eigenvalue weighted by molar-refractivity contribution is -0.900. The molecule has 9 nitrogen and oxygen atoms in total. The van der Waals surface area contributed by atoms with Gasteiger partial charge in [-0.1, -0.05) is 18.2 Å². The molecule has 2 aromatic rings. The van der Waals surface area contributed by atoms with E-state index in [1.807, 2.05) is 29.2 Å². The molecule has 8 rings (SSSR count). The molecule has 3 atom stereocenters. The molecule has 3 amide bonds. The number of carbonyl (C=O) groups is 2. The Morgan fingerprint density at radius 3 is 2.33 bits per heavy atom. The number of benzene rings is 2. The van der Waals surface area contributed by atoms with Crippen molar-refractivity contribution in [3.63, 3.8) is 0 Å². The van der Waals surface area contributed by atoms with E-state index in [1.165, 1.54) is 43.5 Å². The molecule has 3 unspecified atom stereocenters. The number of para-hydroxylation sites is 1. The van der Waals surface area contributed by atoms with Crippen molar-refractivity contribution in [2.24, 2.45) is 23.2 Å². The molecule has 4 bridgehead atoms. The summed E-state index contributed by atoms with van der Waals surface area (Å²) in [6, 6.07) is 12.0. The minimum absolute atomic E-state index is 0.0507. The molecular formula is C33H42FN5O4. The van der Waals surface area contributed by atoms with E-state index in [9.17, 15) is 19.2 Å². The Hall–Kier alpha value is -3.05. The summed E-state index contributed by atoms with van der Waals surface area (Å²) in [4.78, 5) is 31.9. The zero-order valence-electron chi connectivity index (χ0n) is 24.6. The zero-order valence-corrected chi connectivity index (χ0v) is 24.6. The second-order valence-electron chi connectivity index (χ2n) is 13.6. The quantitative estimate of drug-likeness (QED) is 0.427. The van der Waals surface area contributed by atoms with Gasteiger partial charge < -0.3 is 25.2 Å². The molecule has 4 saturated carbocycles. The van der Waals surface area contributed by atoms with Gasteiger partial charge in [-0.3, -0.25) is 15.0 Å². The number of fused-ring (bicyclic) bond motifs is 1. The predicted molar refractivity (Wildman–Crippen MR) is 161 cm³/mol. The van der Waals surface area contributed by atoms with Crippen LogP contribution < -0.4 is 20.6 Å². The summed E-state index contributed by atoms with van der Waals surface area (Å²) in [5, 5.41) is 19.5. The molecule has 0 spiro atoms. The summed E-state index contributed by atoms with van der Waals surface area (Å²) in [5.74, 6) is 1.39. The molecule has 0 aromatic heterocycles. The lowest BCUT2D eigenvalue weighted by Gasteiger charge is -2.57. The Balaban J connectivity index is 1.20. The third-order valence-electron chi connectivity index (χ3n) is 10.6. The molecule has 6 aliphatic rings. The molecule has 2 aliphatic heterocycles. The van der Waals surface area contributed by atoms with Crippen molar-refractivity contribution in [2.45, 2.75) is 57.2 Å². The highest BCUT2D eigenvalue weighted by molar-refractivity contribution is 6.00. The summed E-state index contributed by atoms with van der Waals surface area (Å²) in [6.45, 7) is 4.22. The Kier molecular flexibility index (Phi) is 7.88. The number of ether oxygens (including phenoxy) is 1. The second kappa shape index (κ2) is 11.8. The van der Waals surface area contributed by atoms with Gasteiger partial charge in [0.1, 0.15) is 11.9 Å². The molecule has 4 aliphatic carbocycles. The molecule has 5 fully saturated rings. The van der Waals surface area contributed by atoms with E-state index >= 15 is 0 Å². The second-order valence-corrected chi connectivity index (χ2v) is 13.6. The maximum Gasteiger partial charge on any atom is 0.324 e. The zero-order chi connectivity index (χ0) is 29.6. The van der Waals surface area contributed by atoms with Crippen molar-refractivity contribution < 1.29 is 23.8 Å². The Labute approximate surface area is 252 Å². The van der Waals surface area contributed by atoms with Crippen LogP contribution in [0.15, 0.2) is 48.5 Å². The number of hydrogen-bond acceptors (Lipinski definition) is 5. The Morgan fingerprint density at radius 1 is 1.00 bits per heavy atom. The van der Waals surface area contributed by atoms with Crippen molar-refractivity contribution in [2.75, 3.05) is 49.6 Å². The molecule has 230 valence electrons. The summed E-state index contributed by atoms with van der Waals surface area (Å²) < 4.78 is 19.0. The third kappa shape index (κ3) is 5.90. The van der Waals surface area contributed by atoms with Crippen LogP contribution in [-0.4, -0.2) is 62.4 Å². The average Bonchev–Trinajstić information content (AvgIpc) is 3.06. The summed E-state index contributed by atoms with van der Waals surface area (Å²) in [6.07, 6.45) is 6.52. The van der Waals surface area contributed by atoms with Crippen LogP contribution in [0.4, 0.5) is 20.6 Å². The van der Waals surface area contributed by atoms with Crippen LogP contribution in [0.5, 0.6) is 0 Å². The number of hydrogen-bond donors (Lipinski definition) is 3. The molecule has 0 radical (unpaired) electrons. The first-order chi connectivity index (χ1) is 20.9. The number of hydroxylamine groups is 2. The number of urea groups is 1. The number of anilines is 2. The predicted octanol–water partition coefficient (Wildman–Crippen LogP) is 3.68. The van der Waals surface area contributed by atoms with Gasteiger partial charge in [0.25, 0.3) is 0 Å². The van der Waals surface area contributed by atoms with Crippen LogP contribution >= 0.6 is 0 Å². The normalized spacial score (nSPS) is 33.6. The summed E-state index contributed by atoms with van der Waals surface area (Å²) in [7, 11) is 0. The van der Waals surface area contributed by atoms with Gasteiger partial charge in [0.15, 0.2) is 0 Å². The van der Waals surface area contributed by atoms with Crippen molar-refractivity contribution in [3.05, 3.63) is 65.1 Å². The first-order valence-corrected chi connectivity index (χ1v) is 15.9. The van der Waals surface area contributed by atoms with E-state index in [0.717, 1.165) is 61.4 Å². The maximum absolute atomic E-state index is 14.5. The number of amides is 3. The fourth-order valence-corrected chi connectivity index (χ4v) is 9.16. The van der Waals surface area contributed by atoms with E-state index < -0.39 is 24.1 Å². The van der Waals surface area contributed by atoms with Crippen molar-refractivity contribution in [1.82, 2.24) is 10.2 Å². The van der Waals surface area contributed by atoms with Gasteiger partial charge in [0.05, 0.1) is 18.9 Å². The number of carbonyl (C=O) groups excluding carboxylic acids is 2. The highest BCUT2D eigenvalue weighted by Gasteiger charge is 2.53. The monoisotopic (exact) mass is 591 g/mol. The molecule has 10 heteroatoms. The molecule has 1 saturated heterocycles. The fraction of sp³-hybridized carbons (Fsp3) is 0.576. The van der Waals surface area contributed by atoms with Crippen LogP contribution in [-0.2, 0) is 9.53 Å². The third-order valence-corrected chi connectivity index (χ3v) is 10.6. The van der Waals surface area contributed by atoms with E-state index in [-0.39, 0.29) is 16.4 Å². The van der Waals surface area contributed by atoms with Crippen LogP contribution in [0.3, 0.4) is 0 Å². The smallest absolute Gasteiger partial charge is 0.324 e. The van der Waals surface area contributed by atoms with Gasteiger partial charge in [-0.25, -0.2) is 9.18 Å². The lowest BCUT2D eigenvalue weighted by Crippen LogP contribution is -3.15. The van der Waals surface area contributed by atoms with Crippen LogP contribution in [0.2, 0.25) is 0 Å². The van der Waals surface area contributed by atoms with Gasteiger partial charge in [-0.2, -0.15) is 0 Å². The standard InChI is InChI=1S/C33H42FN5O4/c34-25-5-7-26(8-6-25)35-32(41)36-30-31(40)38(21-33-18-22-15-23(19-33)17-24(16-22)20-33)28-4-2-1-3-27(28)29(39(30)42)9-10-37-11-13-43-14-12-37/h1-8,22-24,29-30,39H,9-21H2,(H2,35,36,41). The number of halogens is 1. The SMILES string of the molecule is O=C(Nc1ccc(F)cc1)NC1C(=O)N(CC23CC4CC(CC(C4)C2)C3)c2ccccc2C(CCN2CCOCC2)[NH+]1[O-]. The molecule has 43 heavy (non-hydrogen) atoms. The molecule has 2 heterocycles. The van der Waals surface area contributed by atoms with E-state index in [2.05, 4.69) is 15.5 Å². The van der Waals surface area contributed by atoms with Crippen molar-refractivity contribution >= 4 is 23.3 Å². The number of nitrogens with one attached hydrogen (secondary N) is 3. The lowest BCUT2D eigenvalue weighted by atomic mass is 9.49. The van der Waals surface area contributed by atoms with Crippen LogP contribution in [0.1, 0.15) is 56.6 Å². The highest BCUT2D eigenvalue weighted by Crippen LogP contribution is 2.60. The minimum atomic E-state index is -1.32. The molecule has 3 N–H and O–H groups in total. The molecular weight excluding hydrogens is 549 g/mol. The minimum Gasteiger partial charge on any atom is -0.632 e. The van der Waals surface area contributed by atoms with Crippen LogP contribution in [0, 0.1) is 34.2 Å². The van der Waals surface area contributed by atoms with Crippen molar-refractivity contribution in [1.29, 1.82) is 0 Å². The van der Waals surface area contributed by atoms with Gasteiger partial charge in [-0.05, 0) is 92.0 Å². The highest BCUT2D eigenvalue weighted by atomic mass is 19.1. The van der Waals surface area contributed by atoms with Gasteiger partial charge >= 0.3 is 11.9 Å². The first-order valence-electron chi connectivity index (χ1n) is 15.9. The summed E-state index contributed by atoms with van der Waals surface area (Å²) >= 11 is 0. The first kappa shape index (κ1) is 28.7. The number of quaternary nitrogens is 1.